The van der Waals surface area contributed by atoms with E-state index < -0.39 is 0 Å². The summed E-state index contributed by atoms with van der Waals surface area (Å²) in [6.45, 7) is 8.13. The highest BCUT2D eigenvalue weighted by Gasteiger charge is 2.59. The molecule has 1 aliphatic heterocycles. The Kier molecular flexibility index (Phi) is 2.99. The maximum atomic E-state index is 5.86. The molecule has 0 spiro atoms. The van der Waals surface area contributed by atoms with Gasteiger partial charge in [-0.05, 0) is 32.1 Å². The van der Waals surface area contributed by atoms with Gasteiger partial charge < -0.3 is 10.1 Å². The summed E-state index contributed by atoms with van der Waals surface area (Å²) in [6.07, 6.45) is 7.55. The van der Waals surface area contributed by atoms with Crippen LogP contribution in [0.25, 0.3) is 0 Å². The fourth-order valence-corrected chi connectivity index (χ4v) is 4.54. The summed E-state index contributed by atoms with van der Waals surface area (Å²) in [6, 6.07) is 1.38. The summed E-state index contributed by atoms with van der Waals surface area (Å²) in [5.74, 6) is 1.71. The van der Waals surface area contributed by atoms with Gasteiger partial charge in [-0.3, -0.25) is 0 Å². The van der Waals surface area contributed by atoms with Gasteiger partial charge in [0.15, 0.2) is 0 Å². The van der Waals surface area contributed by atoms with E-state index in [1.54, 1.807) is 0 Å². The Morgan fingerprint density at radius 1 is 1.18 bits per heavy atom. The highest BCUT2D eigenvalue weighted by Crippen LogP contribution is 2.52. The lowest BCUT2D eigenvalue weighted by molar-refractivity contribution is -0.116. The van der Waals surface area contributed by atoms with Crippen LogP contribution in [0.1, 0.15) is 52.9 Å². The average molecular weight is 237 g/mol. The van der Waals surface area contributed by atoms with Crippen molar-refractivity contribution in [3.63, 3.8) is 0 Å². The lowest BCUT2D eigenvalue weighted by Crippen LogP contribution is -2.67. The van der Waals surface area contributed by atoms with Gasteiger partial charge in [0.25, 0.3) is 0 Å². The van der Waals surface area contributed by atoms with E-state index in [0.717, 1.165) is 18.4 Å². The molecular formula is C15H27NO. The Labute approximate surface area is 105 Å². The first kappa shape index (κ1) is 12.0. The molecule has 3 unspecified atom stereocenters. The molecule has 0 radical (unpaired) electrons. The Morgan fingerprint density at radius 3 is 2.59 bits per heavy atom. The summed E-state index contributed by atoms with van der Waals surface area (Å²) in [5.41, 5.74) is 0.341. The van der Waals surface area contributed by atoms with Crippen LogP contribution >= 0.6 is 0 Å². The van der Waals surface area contributed by atoms with E-state index in [1.807, 2.05) is 0 Å². The molecule has 2 aliphatic carbocycles. The summed E-state index contributed by atoms with van der Waals surface area (Å²) in [4.78, 5) is 0. The number of nitrogens with one attached hydrogen (secondary N) is 1. The Morgan fingerprint density at radius 2 is 1.88 bits per heavy atom. The summed E-state index contributed by atoms with van der Waals surface area (Å²) in [5, 5.41) is 3.94. The monoisotopic (exact) mass is 237 g/mol. The average Bonchev–Trinajstić information content (AvgIpc) is 2.95. The zero-order valence-electron chi connectivity index (χ0n) is 11.5. The van der Waals surface area contributed by atoms with Crippen LogP contribution in [0.2, 0.25) is 0 Å². The second-order valence-electron chi connectivity index (χ2n) is 7.04. The van der Waals surface area contributed by atoms with E-state index >= 15 is 0 Å². The van der Waals surface area contributed by atoms with Crippen LogP contribution in [-0.4, -0.2) is 24.8 Å². The predicted molar refractivity (Wildman–Crippen MR) is 70.0 cm³/mol. The van der Waals surface area contributed by atoms with E-state index in [9.17, 15) is 0 Å². The van der Waals surface area contributed by atoms with Crippen LogP contribution in [0.5, 0.6) is 0 Å². The minimum atomic E-state index is 0.341. The van der Waals surface area contributed by atoms with Crippen LogP contribution in [0.4, 0.5) is 0 Å². The smallest absolute Gasteiger partial charge is 0.0685 e. The van der Waals surface area contributed by atoms with E-state index in [-0.39, 0.29) is 0 Å². The topological polar surface area (TPSA) is 21.3 Å². The largest absolute Gasteiger partial charge is 0.377 e. The van der Waals surface area contributed by atoms with Crippen molar-refractivity contribution in [2.45, 2.75) is 71.1 Å². The zero-order chi connectivity index (χ0) is 12.0. The number of hydrogen-bond donors (Lipinski definition) is 1. The van der Waals surface area contributed by atoms with E-state index in [4.69, 9.17) is 4.74 Å². The second kappa shape index (κ2) is 4.24. The minimum absolute atomic E-state index is 0.341. The second-order valence-corrected chi connectivity index (χ2v) is 7.04. The molecule has 0 aromatic rings. The van der Waals surface area contributed by atoms with Crippen molar-refractivity contribution in [3.8, 4) is 0 Å². The van der Waals surface area contributed by atoms with Gasteiger partial charge in [-0.1, -0.05) is 26.7 Å². The lowest BCUT2D eigenvalue weighted by atomic mass is 9.57. The van der Waals surface area contributed by atoms with Crippen molar-refractivity contribution < 1.29 is 4.74 Å². The molecule has 0 aromatic carbocycles. The molecule has 3 aliphatic rings. The molecule has 0 bridgehead atoms. The fourth-order valence-electron chi connectivity index (χ4n) is 4.54. The van der Waals surface area contributed by atoms with Gasteiger partial charge in [0, 0.05) is 30.0 Å². The molecule has 4 atom stereocenters. The van der Waals surface area contributed by atoms with Crippen LogP contribution < -0.4 is 5.32 Å². The van der Waals surface area contributed by atoms with Crippen LogP contribution in [-0.2, 0) is 4.74 Å². The molecule has 0 aromatic heterocycles. The van der Waals surface area contributed by atoms with Crippen molar-refractivity contribution in [1.82, 2.24) is 5.32 Å². The maximum absolute atomic E-state index is 5.86. The van der Waals surface area contributed by atoms with Gasteiger partial charge >= 0.3 is 0 Å². The van der Waals surface area contributed by atoms with E-state index in [2.05, 4.69) is 26.1 Å². The normalized spacial score (nSPS) is 42.2. The highest BCUT2D eigenvalue weighted by atomic mass is 16.5. The molecule has 98 valence electrons. The molecule has 1 saturated heterocycles. The highest BCUT2D eigenvalue weighted by molar-refractivity contribution is 5.11. The van der Waals surface area contributed by atoms with Gasteiger partial charge in [-0.25, -0.2) is 0 Å². The third kappa shape index (κ3) is 1.84. The summed E-state index contributed by atoms with van der Waals surface area (Å²) < 4.78 is 5.86. The number of rotatable bonds is 3. The van der Waals surface area contributed by atoms with Crippen molar-refractivity contribution in [1.29, 1.82) is 0 Å². The molecule has 17 heavy (non-hydrogen) atoms. The zero-order valence-corrected chi connectivity index (χ0v) is 11.5. The lowest BCUT2D eigenvalue weighted by Gasteiger charge is -2.56. The Bertz CT molecular complexity index is 283. The predicted octanol–water partition coefficient (Wildman–Crippen LogP) is 2.97. The molecule has 3 fully saturated rings. The molecular weight excluding hydrogens is 210 g/mol. The van der Waals surface area contributed by atoms with Gasteiger partial charge in [0.1, 0.15) is 0 Å². The van der Waals surface area contributed by atoms with Crippen LogP contribution in [0.3, 0.4) is 0 Å². The van der Waals surface area contributed by atoms with Crippen molar-refractivity contribution in [2.24, 2.45) is 17.3 Å². The standard InChI is InChI=1S/C15H27NO/c1-10(11-6-4-5-7-11)16-13-12-8-9-17-14(12)15(13,2)3/h10-14,16H,4-9H2,1-3H3/t10-,12?,13?,14?/m0/s1. The van der Waals surface area contributed by atoms with Crippen LogP contribution in [0.15, 0.2) is 0 Å². The maximum Gasteiger partial charge on any atom is 0.0685 e. The van der Waals surface area contributed by atoms with Gasteiger partial charge in [0.2, 0.25) is 0 Å². The first-order valence-electron chi connectivity index (χ1n) is 7.48. The number of fused-ring (bicyclic) bond motifs is 1. The summed E-state index contributed by atoms with van der Waals surface area (Å²) >= 11 is 0. The molecule has 0 amide bonds. The minimum Gasteiger partial charge on any atom is -0.377 e. The van der Waals surface area contributed by atoms with Crippen molar-refractivity contribution >= 4 is 0 Å². The van der Waals surface area contributed by atoms with Crippen molar-refractivity contribution in [2.75, 3.05) is 6.61 Å². The Balaban J connectivity index is 1.61. The SMILES string of the molecule is C[C@H](NC1C2CCOC2C1(C)C)C1CCCC1. The fraction of sp³-hybridized carbons (Fsp3) is 1.00. The van der Waals surface area contributed by atoms with Crippen molar-refractivity contribution in [3.05, 3.63) is 0 Å². The number of hydrogen-bond acceptors (Lipinski definition) is 2. The molecule has 2 nitrogen and oxygen atoms in total. The van der Waals surface area contributed by atoms with Gasteiger partial charge in [-0.15, -0.1) is 0 Å². The third-order valence-electron chi connectivity index (χ3n) is 5.65. The van der Waals surface area contributed by atoms with Gasteiger partial charge in [-0.2, -0.15) is 0 Å². The Hall–Kier alpha value is -0.0800. The van der Waals surface area contributed by atoms with Gasteiger partial charge in [0.05, 0.1) is 6.10 Å². The quantitative estimate of drug-likeness (QED) is 0.815. The number of ether oxygens (including phenoxy) is 1. The third-order valence-corrected chi connectivity index (χ3v) is 5.65. The first-order chi connectivity index (χ1) is 8.10. The first-order valence-corrected chi connectivity index (χ1v) is 7.48. The molecule has 1 heterocycles. The molecule has 2 saturated carbocycles. The molecule has 2 heteroatoms. The van der Waals surface area contributed by atoms with E-state index in [1.165, 1.54) is 32.1 Å². The summed E-state index contributed by atoms with van der Waals surface area (Å²) in [7, 11) is 0. The van der Waals surface area contributed by atoms with Crippen LogP contribution in [0, 0.1) is 17.3 Å². The van der Waals surface area contributed by atoms with E-state index in [0.29, 0.717) is 23.6 Å². The molecule has 1 N–H and O–H groups in total. The molecule has 3 rings (SSSR count).